The van der Waals surface area contributed by atoms with Crippen molar-refractivity contribution in [2.75, 3.05) is 18.0 Å². The first kappa shape index (κ1) is 19.4. The van der Waals surface area contributed by atoms with Crippen molar-refractivity contribution in [3.63, 3.8) is 0 Å². The zero-order valence-electron chi connectivity index (χ0n) is 15.4. The molecule has 0 saturated heterocycles. The van der Waals surface area contributed by atoms with E-state index in [9.17, 15) is 4.79 Å². The summed E-state index contributed by atoms with van der Waals surface area (Å²) in [6.45, 7) is 8.86. The molecule has 2 aromatic carbocycles. The van der Waals surface area contributed by atoms with Gasteiger partial charge in [0, 0.05) is 31.1 Å². The highest BCUT2D eigenvalue weighted by atomic mass is 32.2. The number of nitrogens with zero attached hydrogens (tertiary/aromatic N) is 1. The van der Waals surface area contributed by atoms with E-state index < -0.39 is 0 Å². The molecule has 0 heterocycles. The van der Waals surface area contributed by atoms with E-state index in [1.54, 1.807) is 11.8 Å². The zero-order chi connectivity index (χ0) is 18.1. The van der Waals surface area contributed by atoms with E-state index in [4.69, 9.17) is 0 Å². The van der Waals surface area contributed by atoms with Crippen LogP contribution in [0.3, 0.4) is 0 Å². The lowest BCUT2D eigenvalue weighted by atomic mass is 10.2. The molecule has 1 amide bonds. The van der Waals surface area contributed by atoms with Crippen LogP contribution < -0.4 is 10.2 Å². The Labute approximate surface area is 155 Å². The molecule has 0 saturated carbocycles. The Morgan fingerprint density at radius 2 is 1.64 bits per heavy atom. The smallest absolute Gasteiger partial charge is 0.233 e. The van der Waals surface area contributed by atoms with Crippen LogP contribution in [0, 0.1) is 0 Å². The minimum absolute atomic E-state index is 0.0600. The number of amides is 1. The van der Waals surface area contributed by atoms with Crippen molar-refractivity contribution < 1.29 is 4.79 Å². The van der Waals surface area contributed by atoms with Crippen molar-refractivity contribution in [1.29, 1.82) is 0 Å². The van der Waals surface area contributed by atoms with Gasteiger partial charge in [-0.1, -0.05) is 42.5 Å². The normalized spacial score (nSPS) is 11.8. The molecular formula is C21H28N2OS. The summed E-state index contributed by atoms with van der Waals surface area (Å²) in [5.74, 6) is 0.947. The van der Waals surface area contributed by atoms with Crippen molar-refractivity contribution in [1.82, 2.24) is 5.32 Å². The molecule has 0 radical (unpaired) electrons. The highest BCUT2D eigenvalue weighted by Crippen LogP contribution is 2.18. The average Bonchev–Trinajstić information content (AvgIpc) is 2.67. The molecule has 1 atom stereocenters. The van der Waals surface area contributed by atoms with Crippen molar-refractivity contribution in [2.45, 2.75) is 38.3 Å². The Balaban J connectivity index is 1.78. The quantitative estimate of drug-likeness (QED) is 0.719. The summed E-state index contributed by atoms with van der Waals surface area (Å²) < 4.78 is 0. The van der Waals surface area contributed by atoms with Crippen LogP contribution in [0.15, 0.2) is 54.6 Å². The van der Waals surface area contributed by atoms with E-state index in [1.165, 1.54) is 11.3 Å². The van der Waals surface area contributed by atoms with Crippen LogP contribution in [-0.4, -0.2) is 24.2 Å². The van der Waals surface area contributed by atoms with Crippen molar-refractivity contribution in [3.8, 4) is 0 Å². The lowest BCUT2D eigenvalue weighted by molar-refractivity contribution is -0.120. The Hall–Kier alpha value is -1.94. The second-order valence-electron chi connectivity index (χ2n) is 6.00. The zero-order valence-corrected chi connectivity index (χ0v) is 16.2. The fourth-order valence-corrected chi connectivity index (χ4v) is 3.49. The molecule has 0 aliphatic carbocycles. The van der Waals surface area contributed by atoms with Crippen LogP contribution in [0.2, 0.25) is 0 Å². The van der Waals surface area contributed by atoms with E-state index in [1.807, 2.05) is 25.1 Å². The van der Waals surface area contributed by atoms with Gasteiger partial charge >= 0.3 is 0 Å². The highest BCUT2D eigenvalue weighted by Gasteiger charge is 2.13. The number of benzene rings is 2. The third kappa shape index (κ3) is 6.13. The van der Waals surface area contributed by atoms with Crippen LogP contribution in [0.4, 0.5) is 5.69 Å². The van der Waals surface area contributed by atoms with Gasteiger partial charge in [-0.3, -0.25) is 4.79 Å². The number of hydrogen-bond acceptors (Lipinski definition) is 3. The maximum Gasteiger partial charge on any atom is 0.233 e. The number of thioether (sulfide) groups is 1. The Morgan fingerprint density at radius 3 is 2.24 bits per heavy atom. The second kappa shape index (κ2) is 10.1. The molecule has 0 aliphatic rings. The molecule has 4 heteroatoms. The first-order valence-electron chi connectivity index (χ1n) is 8.91. The molecule has 3 nitrogen and oxygen atoms in total. The molecule has 0 bridgehead atoms. The first-order valence-corrected chi connectivity index (χ1v) is 9.96. The lowest BCUT2D eigenvalue weighted by Crippen LogP contribution is -2.30. The summed E-state index contributed by atoms with van der Waals surface area (Å²) >= 11 is 1.67. The largest absolute Gasteiger partial charge is 0.372 e. The standard InChI is InChI=1S/C21H28N2OS/c1-4-23(5-2)20-13-11-18(12-14-20)15-22-21(24)17(3)25-16-19-9-7-6-8-10-19/h6-14,17H,4-5,15-16H2,1-3H3,(H,22,24)/t17-/m1/s1. The van der Waals surface area contributed by atoms with E-state index in [2.05, 4.69) is 60.5 Å². The average molecular weight is 357 g/mol. The minimum atomic E-state index is -0.0600. The van der Waals surface area contributed by atoms with Gasteiger partial charge in [-0.05, 0) is 44.0 Å². The molecule has 0 unspecified atom stereocenters. The molecule has 2 rings (SSSR count). The fraction of sp³-hybridized carbons (Fsp3) is 0.381. The monoisotopic (exact) mass is 356 g/mol. The topological polar surface area (TPSA) is 32.3 Å². The lowest BCUT2D eigenvalue weighted by Gasteiger charge is -2.21. The Morgan fingerprint density at radius 1 is 1.00 bits per heavy atom. The molecule has 134 valence electrons. The van der Waals surface area contributed by atoms with Crippen molar-refractivity contribution >= 4 is 23.4 Å². The summed E-state index contributed by atoms with van der Waals surface area (Å²) in [5, 5.41) is 2.98. The van der Waals surface area contributed by atoms with Gasteiger partial charge in [0.25, 0.3) is 0 Å². The van der Waals surface area contributed by atoms with Crippen LogP contribution in [0.25, 0.3) is 0 Å². The Kier molecular flexibility index (Phi) is 7.86. The summed E-state index contributed by atoms with van der Waals surface area (Å²) in [5.41, 5.74) is 3.61. The van der Waals surface area contributed by atoms with E-state index >= 15 is 0 Å². The third-order valence-electron chi connectivity index (χ3n) is 4.24. The number of nitrogens with one attached hydrogen (secondary N) is 1. The SMILES string of the molecule is CCN(CC)c1ccc(CNC(=O)[C@@H](C)SCc2ccccc2)cc1. The summed E-state index contributed by atoms with van der Waals surface area (Å²) in [6.07, 6.45) is 0. The summed E-state index contributed by atoms with van der Waals surface area (Å²) in [4.78, 5) is 14.6. The van der Waals surface area contributed by atoms with Gasteiger partial charge < -0.3 is 10.2 Å². The van der Waals surface area contributed by atoms with Crippen molar-refractivity contribution in [3.05, 3.63) is 65.7 Å². The van der Waals surface area contributed by atoms with Gasteiger partial charge in [0.1, 0.15) is 0 Å². The van der Waals surface area contributed by atoms with Gasteiger partial charge in [0.15, 0.2) is 0 Å². The molecular weight excluding hydrogens is 328 g/mol. The fourth-order valence-electron chi connectivity index (χ4n) is 2.62. The van der Waals surface area contributed by atoms with Gasteiger partial charge in [0.2, 0.25) is 5.91 Å². The first-order chi connectivity index (χ1) is 12.1. The molecule has 0 aromatic heterocycles. The van der Waals surface area contributed by atoms with Crippen LogP contribution >= 0.6 is 11.8 Å². The number of carbonyl (C=O) groups excluding carboxylic acids is 1. The highest BCUT2D eigenvalue weighted by molar-refractivity contribution is 7.99. The molecule has 25 heavy (non-hydrogen) atoms. The van der Waals surface area contributed by atoms with Gasteiger partial charge in [-0.2, -0.15) is 0 Å². The number of rotatable bonds is 9. The number of hydrogen-bond donors (Lipinski definition) is 1. The second-order valence-corrected chi connectivity index (χ2v) is 7.32. The molecule has 1 N–H and O–H groups in total. The predicted octanol–water partition coefficient (Wildman–Crippen LogP) is 4.47. The van der Waals surface area contributed by atoms with Crippen molar-refractivity contribution in [2.24, 2.45) is 0 Å². The molecule has 0 fully saturated rings. The van der Waals surface area contributed by atoms with Crippen LogP contribution in [0.1, 0.15) is 31.9 Å². The minimum Gasteiger partial charge on any atom is -0.372 e. The van der Waals surface area contributed by atoms with E-state index in [0.29, 0.717) is 6.54 Å². The summed E-state index contributed by atoms with van der Waals surface area (Å²) in [6, 6.07) is 18.7. The molecule has 0 spiro atoms. The summed E-state index contributed by atoms with van der Waals surface area (Å²) in [7, 11) is 0. The predicted molar refractivity (Wildman–Crippen MR) is 109 cm³/mol. The van der Waals surface area contributed by atoms with E-state index in [-0.39, 0.29) is 11.2 Å². The molecule has 0 aliphatic heterocycles. The number of anilines is 1. The Bertz CT molecular complexity index is 639. The van der Waals surface area contributed by atoms with Gasteiger partial charge in [-0.15, -0.1) is 11.8 Å². The van der Waals surface area contributed by atoms with Crippen LogP contribution in [0.5, 0.6) is 0 Å². The van der Waals surface area contributed by atoms with Gasteiger partial charge in [-0.25, -0.2) is 0 Å². The number of carbonyl (C=O) groups is 1. The third-order valence-corrected chi connectivity index (χ3v) is 5.46. The maximum atomic E-state index is 12.3. The van der Waals surface area contributed by atoms with Crippen LogP contribution in [-0.2, 0) is 17.1 Å². The maximum absolute atomic E-state index is 12.3. The van der Waals surface area contributed by atoms with E-state index in [0.717, 1.165) is 24.4 Å². The molecule has 2 aromatic rings. The van der Waals surface area contributed by atoms with Gasteiger partial charge in [0.05, 0.1) is 5.25 Å².